The Morgan fingerprint density at radius 3 is 2.92 bits per heavy atom. The van der Waals surface area contributed by atoms with Gasteiger partial charge in [-0.2, -0.15) is 5.10 Å². The van der Waals surface area contributed by atoms with Crippen LogP contribution in [0.5, 0.6) is 0 Å². The summed E-state index contributed by atoms with van der Waals surface area (Å²) in [7, 11) is 0. The number of thiocarbonyl (C=S) groups is 1. The fraction of sp³-hybridized carbons (Fsp3) is 0.125. The highest BCUT2D eigenvalue weighted by atomic mass is 32.1. The zero-order chi connectivity index (χ0) is 9.68. The second-order valence-electron chi connectivity index (χ2n) is 2.39. The van der Waals surface area contributed by atoms with Gasteiger partial charge in [0.25, 0.3) is 0 Å². The third-order valence-corrected chi connectivity index (χ3v) is 1.46. The average molecular weight is 194 g/mol. The van der Waals surface area contributed by atoms with E-state index < -0.39 is 0 Å². The van der Waals surface area contributed by atoms with E-state index in [1.165, 1.54) is 0 Å². The first-order valence-electron chi connectivity index (χ1n) is 3.71. The first-order valence-corrected chi connectivity index (χ1v) is 4.12. The van der Waals surface area contributed by atoms with Crippen molar-refractivity contribution in [2.24, 2.45) is 10.8 Å². The second kappa shape index (κ2) is 4.51. The molecule has 0 aromatic carbocycles. The van der Waals surface area contributed by atoms with Crippen molar-refractivity contribution in [3.05, 3.63) is 30.1 Å². The van der Waals surface area contributed by atoms with Crippen molar-refractivity contribution in [1.29, 1.82) is 0 Å². The minimum Gasteiger partial charge on any atom is -0.375 e. The molecule has 0 aliphatic carbocycles. The van der Waals surface area contributed by atoms with Crippen LogP contribution in [0.3, 0.4) is 0 Å². The number of nitrogens with zero attached hydrogens (tertiary/aromatic N) is 2. The van der Waals surface area contributed by atoms with E-state index in [9.17, 15) is 0 Å². The van der Waals surface area contributed by atoms with E-state index >= 15 is 0 Å². The van der Waals surface area contributed by atoms with E-state index in [-0.39, 0.29) is 5.11 Å². The molecule has 3 N–H and O–H groups in total. The Morgan fingerprint density at radius 2 is 2.38 bits per heavy atom. The first kappa shape index (κ1) is 9.60. The van der Waals surface area contributed by atoms with Gasteiger partial charge in [0.05, 0.1) is 11.4 Å². The van der Waals surface area contributed by atoms with Crippen LogP contribution in [0.4, 0.5) is 0 Å². The van der Waals surface area contributed by atoms with Crippen LogP contribution >= 0.6 is 12.2 Å². The molecule has 0 spiro atoms. The number of nitrogens with two attached hydrogens (primary N) is 1. The Hall–Kier alpha value is -1.49. The Morgan fingerprint density at radius 1 is 1.62 bits per heavy atom. The lowest BCUT2D eigenvalue weighted by Crippen LogP contribution is -2.25. The summed E-state index contributed by atoms with van der Waals surface area (Å²) < 4.78 is 0. The number of pyridine rings is 1. The van der Waals surface area contributed by atoms with E-state index in [1.54, 1.807) is 6.20 Å². The van der Waals surface area contributed by atoms with Gasteiger partial charge in [-0.3, -0.25) is 10.4 Å². The van der Waals surface area contributed by atoms with Gasteiger partial charge in [-0.15, -0.1) is 0 Å². The number of rotatable bonds is 2. The minimum atomic E-state index is 0.148. The molecular formula is C8H10N4S. The zero-order valence-electron chi connectivity index (χ0n) is 7.19. The lowest BCUT2D eigenvalue weighted by Gasteiger charge is -1.99. The Labute approximate surface area is 81.9 Å². The lowest BCUT2D eigenvalue weighted by atomic mass is 10.3. The molecule has 1 aromatic heterocycles. The van der Waals surface area contributed by atoms with E-state index in [0.29, 0.717) is 0 Å². The van der Waals surface area contributed by atoms with E-state index in [1.807, 2.05) is 25.1 Å². The Kier molecular flexibility index (Phi) is 3.33. The summed E-state index contributed by atoms with van der Waals surface area (Å²) in [5.74, 6) is 0. The molecule has 5 heteroatoms. The maximum Gasteiger partial charge on any atom is 0.184 e. The maximum atomic E-state index is 5.21. The van der Waals surface area contributed by atoms with Gasteiger partial charge < -0.3 is 5.73 Å². The van der Waals surface area contributed by atoms with Crippen LogP contribution in [-0.4, -0.2) is 15.8 Å². The standard InChI is InChI=1S/C8H10N4S/c1-6(11-12-8(9)13)7-4-2-3-5-10-7/h2-5H,1H3,(H3,9,12,13)/b11-6-. The fourth-order valence-electron chi connectivity index (χ4n) is 0.773. The molecule has 0 atom stereocenters. The predicted octanol–water partition coefficient (Wildman–Crippen LogP) is 0.639. The lowest BCUT2D eigenvalue weighted by molar-refractivity contribution is 1.02. The molecule has 0 amide bonds. The number of hydrazone groups is 1. The summed E-state index contributed by atoms with van der Waals surface area (Å²) in [6.45, 7) is 1.83. The molecule has 68 valence electrons. The van der Waals surface area contributed by atoms with Crippen LogP contribution in [0.2, 0.25) is 0 Å². The van der Waals surface area contributed by atoms with Crippen LogP contribution in [0, 0.1) is 0 Å². The Balaban J connectivity index is 2.73. The van der Waals surface area contributed by atoms with Gasteiger partial charge in [0, 0.05) is 6.20 Å². The number of hydrogen-bond acceptors (Lipinski definition) is 3. The first-order chi connectivity index (χ1) is 6.20. The molecule has 1 aromatic rings. The molecule has 0 saturated heterocycles. The van der Waals surface area contributed by atoms with Crippen molar-refractivity contribution in [3.8, 4) is 0 Å². The minimum absolute atomic E-state index is 0.148. The quantitative estimate of drug-likeness (QED) is 0.412. The average Bonchev–Trinajstić information content (AvgIpc) is 2.15. The summed E-state index contributed by atoms with van der Waals surface area (Å²) >= 11 is 4.60. The smallest absolute Gasteiger partial charge is 0.184 e. The number of aromatic nitrogens is 1. The molecule has 1 heterocycles. The molecule has 13 heavy (non-hydrogen) atoms. The second-order valence-corrected chi connectivity index (χ2v) is 2.83. The monoisotopic (exact) mass is 194 g/mol. The van der Waals surface area contributed by atoms with Crippen LogP contribution in [0.15, 0.2) is 29.5 Å². The fourth-order valence-corrected chi connectivity index (χ4v) is 0.819. The van der Waals surface area contributed by atoms with Gasteiger partial charge >= 0.3 is 0 Å². The molecule has 0 aliphatic rings. The van der Waals surface area contributed by atoms with Crippen LogP contribution in [0.1, 0.15) is 12.6 Å². The number of nitrogens with one attached hydrogen (secondary N) is 1. The maximum absolute atomic E-state index is 5.21. The molecular weight excluding hydrogens is 184 g/mol. The molecule has 0 unspecified atom stereocenters. The van der Waals surface area contributed by atoms with Crippen molar-refractivity contribution < 1.29 is 0 Å². The van der Waals surface area contributed by atoms with Gasteiger partial charge in [0.15, 0.2) is 5.11 Å². The summed E-state index contributed by atoms with van der Waals surface area (Å²) in [6.07, 6.45) is 1.70. The van der Waals surface area contributed by atoms with Crippen molar-refractivity contribution in [1.82, 2.24) is 10.4 Å². The Bertz CT molecular complexity index is 320. The van der Waals surface area contributed by atoms with Gasteiger partial charge in [-0.25, -0.2) is 0 Å². The third kappa shape index (κ3) is 3.16. The predicted molar refractivity (Wildman–Crippen MR) is 56.4 cm³/mol. The summed E-state index contributed by atoms with van der Waals surface area (Å²) in [5.41, 5.74) is 9.25. The normalized spacial score (nSPS) is 11.0. The van der Waals surface area contributed by atoms with Crippen molar-refractivity contribution in [2.75, 3.05) is 0 Å². The van der Waals surface area contributed by atoms with Crippen molar-refractivity contribution in [3.63, 3.8) is 0 Å². The number of hydrogen-bond donors (Lipinski definition) is 2. The summed E-state index contributed by atoms with van der Waals surface area (Å²) in [4.78, 5) is 4.10. The van der Waals surface area contributed by atoms with E-state index in [4.69, 9.17) is 5.73 Å². The van der Waals surface area contributed by atoms with Gasteiger partial charge in [-0.1, -0.05) is 6.07 Å². The molecule has 0 fully saturated rings. The van der Waals surface area contributed by atoms with Crippen LogP contribution < -0.4 is 11.2 Å². The van der Waals surface area contributed by atoms with Crippen molar-refractivity contribution in [2.45, 2.75) is 6.92 Å². The molecule has 0 aliphatic heterocycles. The van der Waals surface area contributed by atoms with Gasteiger partial charge in [0.1, 0.15) is 0 Å². The topological polar surface area (TPSA) is 63.3 Å². The SMILES string of the molecule is C/C(=N/NC(N)=S)c1ccccn1. The van der Waals surface area contributed by atoms with Gasteiger partial charge in [0.2, 0.25) is 0 Å². The highest BCUT2D eigenvalue weighted by molar-refractivity contribution is 7.80. The zero-order valence-corrected chi connectivity index (χ0v) is 8.01. The van der Waals surface area contributed by atoms with E-state index in [2.05, 4.69) is 27.7 Å². The molecule has 0 radical (unpaired) electrons. The highest BCUT2D eigenvalue weighted by Gasteiger charge is 1.96. The van der Waals surface area contributed by atoms with E-state index in [0.717, 1.165) is 11.4 Å². The molecule has 1 rings (SSSR count). The molecule has 4 nitrogen and oxygen atoms in total. The summed E-state index contributed by atoms with van der Waals surface area (Å²) in [6, 6.07) is 5.60. The molecule has 0 bridgehead atoms. The molecule has 0 saturated carbocycles. The highest BCUT2D eigenvalue weighted by Crippen LogP contribution is 1.94. The van der Waals surface area contributed by atoms with Crippen LogP contribution in [0.25, 0.3) is 0 Å². The van der Waals surface area contributed by atoms with Crippen molar-refractivity contribution >= 4 is 23.0 Å². The van der Waals surface area contributed by atoms with Crippen LogP contribution in [-0.2, 0) is 0 Å². The van der Waals surface area contributed by atoms with Gasteiger partial charge in [-0.05, 0) is 31.3 Å². The summed E-state index contributed by atoms with van der Waals surface area (Å²) in [5, 5.41) is 4.08. The largest absolute Gasteiger partial charge is 0.375 e. The third-order valence-electron chi connectivity index (χ3n) is 1.37.